The molecule has 4 atom stereocenters. The highest BCUT2D eigenvalue weighted by Gasteiger charge is 2.42. The van der Waals surface area contributed by atoms with E-state index in [0.29, 0.717) is 34.9 Å². The van der Waals surface area contributed by atoms with E-state index in [1.165, 1.54) is 44.1 Å². The first-order chi connectivity index (χ1) is 52.5. The zero-order chi connectivity index (χ0) is 70.0. The van der Waals surface area contributed by atoms with Crippen LogP contribution < -0.4 is 9.47 Å². The van der Waals surface area contributed by atoms with Crippen molar-refractivity contribution >= 4 is 34.0 Å². The van der Waals surface area contributed by atoms with Crippen LogP contribution in [0.5, 0.6) is 11.5 Å². The van der Waals surface area contributed by atoms with E-state index in [2.05, 4.69) is 282 Å². The standard InChI is InChI=1S/C51H34N4O.C45H30N4O/c1-5-15-33(16-6-1)37-29-38(34-17-7-2-8-18-34)31-39(30-37)51-53-49(35-19-9-3-10-20-35)52-50(54-51)36-25-28-46-43(32-36)41-26-27-45-47(48(41)56-46)42-23-13-14-24-44(42)55(45)40-21-11-4-12-22-40;1-4-13-29(14-5-1)32-19-12-20-34(27-32)49-38-22-11-10-21-36(38)41-39(49)25-24-35-37-28-33(23-26-40(37)50-42(35)41)45-47-43(30-15-6-2-7-16-30)46-44(48-45)31-17-8-3-9-18-31/h1-32,41,48H;1-28,35,42H. The Morgan fingerprint density at radius 2 is 0.557 bits per heavy atom. The maximum Gasteiger partial charge on any atom is 0.164 e. The summed E-state index contributed by atoms with van der Waals surface area (Å²) in [7, 11) is 0. The average Bonchev–Trinajstić information content (AvgIpc) is 1.56. The van der Waals surface area contributed by atoms with Crippen LogP contribution in [0.1, 0.15) is 57.7 Å². The monoisotopic (exact) mass is 1360 g/mol. The van der Waals surface area contributed by atoms with Crippen LogP contribution in [0.25, 0.3) is 147 Å². The van der Waals surface area contributed by atoms with Gasteiger partial charge >= 0.3 is 0 Å². The van der Waals surface area contributed by atoms with Crippen LogP contribution in [-0.4, -0.2) is 39.0 Å². The lowest BCUT2D eigenvalue weighted by atomic mass is 9.85. The second-order valence-corrected chi connectivity index (χ2v) is 27.1. The molecule has 0 fully saturated rings. The summed E-state index contributed by atoms with van der Waals surface area (Å²) in [5.41, 5.74) is 24.1. The molecule has 0 N–H and O–H groups in total. The Morgan fingerprint density at radius 3 is 0.981 bits per heavy atom. The minimum Gasteiger partial charge on any atom is -0.484 e. The topological polar surface area (TPSA) is 106 Å². The van der Waals surface area contributed by atoms with Gasteiger partial charge in [0.1, 0.15) is 23.7 Å². The first kappa shape index (κ1) is 61.9. The number of ether oxygens (including phenoxy) is 2. The minimum atomic E-state index is -0.152. The first-order valence-corrected chi connectivity index (χ1v) is 35.9. The van der Waals surface area contributed by atoms with Gasteiger partial charge in [-0.2, -0.15) is 0 Å². The molecular weight excluding hydrogens is 1300 g/mol. The zero-order valence-corrected chi connectivity index (χ0v) is 57.3. The third kappa shape index (κ3) is 11.1. The van der Waals surface area contributed by atoms with Gasteiger partial charge in [-0.05, 0) is 137 Å². The highest BCUT2D eigenvalue weighted by Crippen LogP contribution is 2.56. The van der Waals surface area contributed by atoms with Crippen molar-refractivity contribution in [2.45, 2.75) is 24.0 Å². The van der Waals surface area contributed by atoms with Gasteiger partial charge in [0.2, 0.25) is 0 Å². The quantitative estimate of drug-likeness (QED) is 0.126. The normalized spacial score (nSPS) is 15.4. The number of rotatable bonds is 11. The molecule has 13 aromatic carbocycles. The highest BCUT2D eigenvalue weighted by molar-refractivity contribution is 5.94. The lowest BCUT2D eigenvalue weighted by molar-refractivity contribution is 0.224. The summed E-state index contributed by atoms with van der Waals surface area (Å²) in [6.07, 6.45) is 8.85. The smallest absolute Gasteiger partial charge is 0.164 e. The number of hydrogen-bond acceptors (Lipinski definition) is 8. The summed E-state index contributed by atoms with van der Waals surface area (Å²) in [6, 6.07) is 118. The Kier molecular flexibility index (Phi) is 15.3. The average molecular weight is 1360 g/mol. The van der Waals surface area contributed by atoms with Gasteiger partial charge in [-0.25, -0.2) is 29.9 Å². The molecule has 106 heavy (non-hydrogen) atoms. The van der Waals surface area contributed by atoms with Crippen molar-refractivity contribution in [3.8, 4) is 125 Å². The summed E-state index contributed by atoms with van der Waals surface area (Å²) in [5.74, 6) is 5.67. The largest absolute Gasteiger partial charge is 0.484 e. The summed E-state index contributed by atoms with van der Waals surface area (Å²) in [5, 5.41) is 2.42. The molecule has 2 aliphatic carbocycles. The van der Waals surface area contributed by atoms with E-state index in [1.807, 2.05) is 91.0 Å². The van der Waals surface area contributed by atoms with Crippen molar-refractivity contribution in [2.24, 2.45) is 0 Å². The van der Waals surface area contributed by atoms with Gasteiger partial charge in [-0.15, -0.1) is 0 Å². The Hall–Kier alpha value is -14.0. The van der Waals surface area contributed by atoms with E-state index in [0.717, 1.165) is 101 Å². The summed E-state index contributed by atoms with van der Waals surface area (Å²) >= 11 is 0. The fourth-order valence-corrected chi connectivity index (χ4v) is 15.9. The number of aromatic nitrogens is 8. The maximum absolute atomic E-state index is 6.86. The molecule has 0 radical (unpaired) electrons. The van der Waals surface area contributed by atoms with Crippen molar-refractivity contribution in [3.05, 3.63) is 386 Å². The lowest BCUT2D eigenvalue weighted by Crippen LogP contribution is -2.13. The van der Waals surface area contributed by atoms with Crippen LogP contribution in [0.4, 0.5) is 0 Å². The van der Waals surface area contributed by atoms with Crippen LogP contribution in [0.2, 0.25) is 0 Å². The number of hydrogen-bond donors (Lipinski definition) is 0. The minimum absolute atomic E-state index is 0.0402. The molecule has 10 heteroatoms. The lowest BCUT2D eigenvalue weighted by Gasteiger charge is -2.22. The van der Waals surface area contributed by atoms with E-state index in [1.54, 1.807) is 0 Å². The summed E-state index contributed by atoms with van der Waals surface area (Å²) < 4.78 is 18.4. The van der Waals surface area contributed by atoms with Crippen molar-refractivity contribution in [3.63, 3.8) is 0 Å². The molecule has 21 rings (SSSR count). The molecule has 500 valence electrons. The van der Waals surface area contributed by atoms with Crippen LogP contribution >= 0.6 is 0 Å². The SMILES string of the molecule is C1=CC2c3cc(-c4nc(-c5ccccc5)nc(-c5cc(-c6ccccc6)cc(-c6ccccc6)c5)n4)ccc3OC2c2c1n(-c1ccccc1)c1ccccc21.C1=CC2c3cc(-c4nc(-c5ccccc5)nc(-c5ccccc5)n4)ccc3OC2c2c1n(-c1cccc(-c3ccccc3)c1)c1ccccc21. The van der Waals surface area contributed by atoms with Crippen LogP contribution in [0.15, 0.2) is 352 Å². The van der Waals surface area contributed by atoms with E-state index >= 15 is 0 Å². The predicted octanol–water partition coefficient (Wildman–Crippen LogP) is 23.1. The van der Waals surface area contributed by atoms with E-state index in [4.69, 9.17) is 39.4 Å². The highest BCUT2D eigenvalue weighted by atomic mass is 16.5. The van der Waals surface area contributed by atoms with Crippen molar-refractivity contribution in [1.29, 1.82) is 0 Å². The second-order valence-electron chi connectivity index (χ2n) is 27.1. The third-order valence-corrected chi connectivity index (χ3v) is 20.8. The number of fused-ring (bicyclic) bond motifs is 14. The van der Waals surface area contributed by atoms with E-state index in [9.17, 15) is 0 Å². The third-order valence-electron chi connectivity index (χ3n) is 20.8. The van der Waals surface area contributed by atoms with Gasteiger partial charge < -0.3 is 18.6 Å². The first-order valence-electron chi connectivity index (χ1n) is 35.9. The number of para-hydroxylation sites is 3. The van der Waals surface area contributed by atoms with Crippen LogP contribution in [-0.2, 0) is 0 Å². The van der Waals surface area contributed by atoms with Gasteiger partial charge in [-0.1, -0.05) is 261 Å². The Labute approximate surface area is 613 Å². The van der Waals surface area contributed by atoms with E-state index < -0.39 is 0 Å². The van der Waals surface area contributed by atoms with Gasteiger partial charge in [0, 0.05) is 89.6 Å². The molecule has 4 unspecified atom stereocenters. The molecule has 0 saturated heterocycles. The number of benzene rings is 13. The van der Waals surface area contributed by atoms with Gasteiger partial charge in [0.05, 0.1) is 22.4 Å². The molecule has 4 aromatic heterocycles. The molecule has 0 saturated carbocycles. The Balaban J connectivity index is 0.000000141. The Morgan fingerprint density at radius 1 is 0.236 bits per heavy atom. The molecule has 4 aliphatic rings. The molecule has 0 amide bonds. The van der Waals surface area contributed by atoms with Gasteiger partial charge in [0.25, 0.3) is 0 Å². The molecule has 6 heterocycles. The van der Waals surface area contributed by atoms with Crippen LogP contribution in [0.3, 0.4) is 0 Å². The van der Waals surface area contributed by atoms with Crippen molar-refractivity contribution < 1.29 is 9.47 Å². The Bertz CT molecular complexity index is 6170. The molecule has 0 spiro atoms. The van der Waals surface area contributed by atoms with Gasteiger partial charge in [0.15, 0.2) is 34.9 Å². The molecule has 10 nitrogen and oxygen atoms in total. The second kappa shape index (κ2) is 26.1. The van der Waals surface area contributed by atoms with Crippen molar-refractivity contribution in [1.82, 2.24) is 39.0 Å². The number of nitrogens with zero attached hydrogens (tertiary/aromatic N) is 8. The summed E-state index contributed by atoms with van der Waals surface area (Å²) in [4.78, 5) is 30.3. The molecule has 2 aliphatic heterocycles. The molecule has 17 aromatic rings. The fraction of sp³-hybridized carbons (Fsp3) is 0.0417. The maximum atomic E-state index is 6.86. The molecular formula is C96H64N8O2. The van der Waals surface area contributed by atoms with Crippen molar-refractivity contribution in [2.75, 3.05) is 0 Å². The predicted molar refractivity (Wildman–Crippen MR) is 425 cm³/mol. The summed E-state index contributed by atoms with van der Waals surface area (Å²) in [6.45, 7) is 0. The fourth-order valence-electron chi connectivity index (χ4n) is 15.9. The van der Waals surface area contributed by atoms with Gasteiger partial charge in [-0.3, -0.25) is 0 Å². The molecule has 0 bridgehead atoms. The van der Waals surface area contributed by atoms with E-state index in [-0.39, 0.29) is 24.0 Å². The zero-order valence-electron chi connectivity index (χ0n) is 57.3. The van der Waals surface area contributed by atoms with Crippen LogP contribution in [0, 0.1) is 0 Å².